The van der Waals surface area contributed by atoms with Crippen molar-refractivity contribution in [3.63, 3.8) is 0 Å². The van der Waals surface area contributed by atoms with Gasteiger partial charge in [-0.2, -0.15) is 0 Å². The molecule has 1 heterocycles. The van der Waals surface area contributed by atoms with Crippen molar-refractivity contribution >= 4 is 51.1 Å². The lowest BCUT2D eigenvalue weighted by Gasteiger charge is -2.10. The molecule has 0 aliphatic heterocycles. The van der Waals surface area contributed by atoms with E-state index in [1.807, 2.05) is 18.2 Å². The molecule has 0 saturated carbocycles. The van der Waals surface area contributed by atoms with E-state index in [9.17, 15) is 4.79 Å². The first kappa shape index (κ1) is 16.0. The fourth-order valence-corrected chi connectivity index (χ4v) is 2.95. The first-order valence-corrected chi connectivity index (χ1v) is 7.61. The first-order chi connectivity index (χ1) is 10.0. The summed E-state index contributed by atoms with van der Waals surface area (Å²) < 4.78 is 11.3. The van der Waals surface area contributed by atoms with Gasteiger partial charge in [-0.1, -0.05) is 11.6 Å². The standard InChI is InChI=1S/C15H13ClINO3/c1-9(15(19)20-2)5-7-21-14-12(17)8-11(16)10-4-3-6-18-13(10)14/h3-6,8H,7H2,1-2H3. The quantitative estimate of drug-likeness (QED) is 0.429. The Morgan fingerprint density at radius 1 is 1.52 bits per heavy atom. The van der Waals surface area contributed by atoms with E-state index in [1.165, 1.54) is 7.11 Å². The van der Waals surface area contributed by atoms with Crippen LogP contribution in [-0.2, 0) is 9.53 Å². The smallest absolute Gasteiger partial charge is 0.333 e. The van der Waals surface area contributed by atoms with Crippen molar-refractivity contribution in [3.05, 3.63) is 44.6 Å². The molecule has 21 heavy (non-hydrogen) atoms. The number of pyridine rings is 1. The molecule has 4 nitrogen and oxygen atoms in total. The summed E-state index contributed by atoms with van der Waals surface area (Å²) in [5.41, 5.74) is 1.21. The van der Waals surface area contributed by atoms with Gasteiger partial charge in [0, 0.05) is 17.2 Å². The molecule has 0 aliphatic carbocycles. The zero-order chi connectivity index (χ0) is 15.4. The van der Waals surface area contributed by atoms with E-state index in [0.717, 1.165) is 8.96 Å². The fourth-order valence-electron chi connectivity index (χ4n) is 1.78. The highest BCUT2D eigenvalue weighted by Gasteiger charge is 2.12. The summed E-state index contributed by atoms with van der Waals surface area (Å²) in [6.45, 7) is 1.93. The normalized spacial score (nSPS) is 11.5. The second-order valence-electron chi connectivity index (χ2n) is 4.26. The monoisotopic (exact) mass is 417 g/mol. The number of hydrogen-bond donors (Lipinski definition) is 0. The van der Waals surface area contributed by atoms with Crippen LogP contribution in [0.2, 0.25) is 5.02 Å². The summed E-state index contributed by atoms with van der Waals surface area (Å²) in [4.78, 5) is 15.6. The molecule has 0 aliphatic rings. The maximum Gasteiger partial charge on any atom is 0.333 e. The molecule has 1 aromatic heterocycles. The molecule has 0 spiro atoms. The Morgan fingerprint density at radius 3 is 3.00 bits per heavy atom. The van der Waals surface area contributed by atoms with Crippen LogP contribution in [0, 0.1) is 3.57 Å². The summed E-state index contributed by atoms with van der Waals surface area (Å²) in [6, 6.07) is 5.55. The number of ether oxygens (including phenoxy) is 2. The largest absolute Gasteiger partial charge is 0.486 e. The van der Waals surface area contributed by atoms with E-state index >= 15 is 0 Å². The average molecular weight is 418 g/mol. The van der Waals surface area contributed by atoms with Crippen LogP contribution in [0.1, 0.15) is 6.92 Å². The van der Waals surface area contributed by atoms with E-state index in [0.29, 0.717) is 21.9 Å². The van der Waals surface area contributed by atoms with Crippen LogP contribution in [0.3, 0.4) is 0 Å². The lowest BCUT2D eigenvalue weighted by atomic mass is 10.2. The Morgan fingerprint density at radius 2 is 2.29 bits per heavy atom. The molecular formula is C15H13ClINO3. The van der Waals surface area contributed by atoms with Crippen molar-refractivity contribution < 1.29 is 14.3 Å². The van der Waals surface area contributed by atoms with Crippen molar-refractivity contribution in [2.75, 3.05) is 13.7 Å². The molecule has 0 atom stereocenters. The van der Waals surface area contributed by atoms with Gasteiger partial charge < -0.3 is 9.47 Å². The van der Waals surface area contributed by atoms with E-state index < -0.39 is 0 Å². The predicted molar refractivity (Wildman–Crippen MR) is 90.7 cm³/mol. The molecule has 0 bridgehead atoms. The molecule has 0 unspecified atom stereocenters. The number of benzene rings is 1. The topological polar surface area (TPSA) is 48.4 Å². The Labute approximate surface area is 141 Å². The number of aromatic nitrogens is 1. The molecular weight excluding hydrogens is 405 g/mol. The third-order valence-corrected chi connectivity index (χ3v) is 3.99. The van der Waals surface area contributed by atoms with Crippen LogP contribution in [0.4, 0.5) is 0 Å². The van der Waals surface area contributed by atoms with Gasteiger partial charge in [0.15, 0.2) is 5.75 Å². The van der Waals surface area contributed by atoms with Gasteiger partial charge in [0.2, 0.25) is 0 Å². The van der Waals surface area contributed by atoms with Gasteiger partial charge >= 0.3 is 5.97 Å². The van der Waals surface area contributed by atoms with Gasteiger partial charge in [-0.3, -0.25) is 4.98 Å². The molecule has 2 rings (SSSR count). The van der Waals surface area contributed by atoms with Crippen molar-refractivity contribution in [1.29, 1.82) is 0 Å². The molecule has 2 aromatic rings. The van der Waals surface area contributed by atoms with Gasteiger partial charge in [-0.05, 0) is 53.8 Å². The summed E-state index contributed by atoms with van der Waals surface area (Å²) in [5, 5.41) is 1.47. The minimum Gasteiger partial charge on any atom is -0.486 e. The van der Waals surface area contributed by atoms with E-state index in [1.54, 1.807) is 19.2 Å². The van der Waals surface area contributed by atoms with E-state index in [2.05, 4.69) is 32.3 Å². The van der Waals surface area contributed by atoms with Gasteiger partial charge in [0.1, 0.15) is 12.1 Å². The summed E-state index contributed by atoms with van der Waals surface area (Å²) in [7, 11) is 1.35. The maximum atomic E-state index is 11.3. The van der Waals surface area contributed by atoms with Crippen LogP contribution >= 0.6 is 34.2 Å². The highest BCUT2D eigenvalue weighted by atomic mass is 127. The molecule has 1 aromatic carbocycles. The number of methoxy groups -OCH3 is 1. The molecule has 0 N–H and O–H groups in total. The lowest BCUT2D eigenvalue weighted by Crippen LogP contribution is -2.05. The molecule has 0 amide bonds. The van der Waals surface area contributed by atoms with Crippen LogP contribution < -0.4 is 4.74 Å². The number of rotatable bonds is 4. The summed E-state index contributed by atoms with van der Waals surface area (Å²) in [6.07, 6.45) is 3.36. The number of carbonyl (C=O) groups excluding carboxylic acids is 1. The Bertz CT molecular complexity index is 715. The highest BCUT2D eigenvalue weighted by Crippen LogP contribution is 2.34. The molecule has 110 valence electrons. The van der Waals surface area contributed by atoms with Crippen molar-refractivity contribution in [2.24, 2.45) is 0 Å². The minimum atomic E-state index is -0.368. The Hall–Kier alpha value is -1.34. The second-order valence-corrected chi connectivity index (χ2v) is 5.83. The van der Waals surface area contributed by atoms with Crippen LogP contribution in [0.25, 0.3) is 10.9 Å². The molecule has 6 heteroatoms. The number of esters is 1. The predicted octanol–water partition coefficient (Wildman–Crippen LogP) is 3.99. The van der Waals surface area contributed by atoms with Crippen molar-refractivity contribution in [1.82, 2.24) is 4.98 Å². The summed E-state index contributed by atoms with van der Waals surface area (Å²) in [5.74, 6) is 0.289. The third-order valence-electron chi connectivity index (χ3n) is 2.88. The number of halogens is 2. The van der Waals surface area contributed by atoms with Gasteiger partial charge in [0.05, 0.1) is 15.7 Å². The van der Waals surface area contributed by atoms with E-state index in [4.69, 9.17) is 16.3 Å². The number of fused-ring (bicyclic) bond motifs is 1. The van der Waals surface area contributed by atoms with Crippen LogP contribution in [-0.4, -0.2) is 24.7 Å². The summed E-state index contributed by atoms with van der Waals surface area (Å²) >= 11 is 8.36. The van der Waals surface area contributed by atoms with Crippen molar-refractivity contribution in [3.8, 4) is 5.75 Å². The van der Waals surface area contributed by atoms with Crippen LogP contribution in [0.15, 0.2) is 36.0 Å². The van der Waals surface area contributed by atoms with Gasteiger partial charge in [0.25, 0.3) is 0 Å². The molecule has 0 saturated heterocycles. The van der Waals surface area contributed by atoms with Crippen LogP contribution in [0.5, 0.6) is 5.75 Å². The van der Waals surface area contributed by atoms with E-state index in [-0.39, 0.29) is 12.6 Å². The third kappa shape index (κ3) is 3.65. The van der Waals surface area contributed by atoms with Gasteiger partial charge in [-0.15, -0.1) is 0 Å². The fraction of sp³-hybridized carbons (Fsp3) is 0.200. The minimum absolute atomic E-state index is 0.254. The van der Waals surface area contributed by atoms with Gasteiger partial charge in [-0.25, -0.2) is 4.79 Å². The molecule has 0 fully saturated rings. The number of hydrogen-bond acceptors (Lipinski definition) is 4. The Kier molecular flexibility index (Phi) is 5.41. The first-order valence-electron chi connectivity index (χ1n) is 6.15. The SMILES string of the molecule is COC(=O)C(C)=CCOc1c(I)cc(Cl)c2cccnc12. The zero-order valence-electron chi connectivity index (χ0n) is 11.5. The second kappa shape index (κ2) is 7.09. The zero-order valence-corrected chi connectivity index (χ0v) is 14.4. The Balaban J connectivity index is 2.29. The van der Waals surface area contributed by atoms with Crippen molar-refractivity contribution in [2.45, 2.75) is 6.92 Å². The highest BCUT2D eigenvalue weighted by molar-refractivity contribution is 14.1. The lowest BCUT2D eigenvalue weighted by molar-refractivity contribution is -0.136. The maximum absolute atomic E-state index is 11.3. The number of nitrogens with zero attached hydrogens (tertiary/aromatic N) is 1. The average Bonchev–Trinajstić information content (AvgIpc) is 2.49. The number of carbonyl (C=O) groups is 1. The molecule has 0 radical (unpaired) electrons.